The minimum atomic E-state index is 0.365. The molecule has 0 bridgehead atoms. The monoisotopic (exact) mass is 454 g/mol. The van der Waals surface area contributed by atoms with Crippen LogP contribution in [0.3, 0.4) is 0 Å². The Kier molecular flexibility index (Phi) is 5.99. The molecule has 0 saturated carbocycles. The molecule has 6 heteroatoms. The lowest BCUT2D eigenvalue weighted by molar-refractivity contribution is 0.355. The maximum atomic E-state index is 5.97. The summed E-state index contributed by atoms with van der Waals surface area (Å²) in [6.45, 7) is 0.660. The van der Waals surface area contributed by atoms with E-state index >= 15 is 0 Å². The summed E-state index contributed by atoms with van der Waals surface area (Å²) in [5, 5.41) is 2.24. The van der Waals surface area contributed by atoms with Crippen molar-refractivity contribution in [2.24, 2.45) is 12.8 Å². The zero-order valence-corrected chi connectivity index (χ0v) is 19.8. The van der Waals surface area contributed by atoms with Crippen molar-refractivity contribution in [2.75, 3.05) is 20.8 Å². The number of pyridine rings is 1. The highest BCUT2D eigenvalue weighted by Gasteiger charge is 2.18. The first-order valence-corrected chi connectivity index (χ1v) is 11.6. The van der Waals surface area contributed by atoms with E-state index in [9.17, 15) is 0 Å². The SMILES string of the molecule is COc1cc2c(-c3cc4c(CC(CCN)c5ccccc5)ccnc4[nH]3)cn(C)c2cc1OC. The van der Waals surface area contributed by atoms with Gasteiger partial charge in [-0.05, 0) is 54.6 Å². The van der Waals surface area contributed by atoms with Gasteiger partial charge in [-0.1, -0.05) is 30.3 Å². The molecule has 3 N–H and O–H groups in total. The quantitative estimate of drug-likeness (QED) is 0.328. The first kappa shape index (κ1) is 22.0. The summed E-state index contributed by atoms with van der Waals surface area (Å²) in [6, 6.07) is 19.0. The number of benzene rings is 2. The van der Waals surface area contributed by atoms with Gasteiger partial charge < -0.3 is 24.8 Å². The molecule has 5 rings (SSSR count). The van der Waals surface area contributed by atoms with Crippen molar-refractivity contribution in [2.45, 2.75) is 18.8 Å². The third-order valence-corrected chi connectivity index (χ3v) is 6.66. The molecule has 2 aromatic carbocycles. The molecule has 0 saturated heterocycles. The van der Waals surface area contributed by atoms with E-state index in [1.165, 1.54) is 11.1 Å². The molecule has 6 nitrogen and oxygen atoms in total. The second-order valence-corrected chi connectivity index (χ2v) is 8.68. The number of nitrogens with two attached hydrogens (primary N) is 1. The Morgan fingerprint density at radius 3 is 2.50 bits per heavy atom. The number of aryl methyl sites for hydroxylation is 1. The minimum absolute atomic E-state index is 0.365. The number of nitrogens with zero attached hydrogens (tertiary/aromatic N) is 2. The third kappa shape index (κ3) is 3.90. The predicted molar refractivity (Wildman–Crippen MR) is 138 cm³/mol. The van der Waals surface area contributed by atoms with E-state index in [0.717, 1.165) is 51.8 Å². The molecule has 0 aliphatic rings. The number of hydrogen-bond donors (Lipinski definition) is 2. The second kappa shape index (κ2) is 9.23. The number of nitrogens with one attached hydrogen (secondary N) is 1. The summed E-state index contributed by atoms with van der Waals surface area (Å²) in [4.78, 5) is 8.18. The smallest absolute Gasteiger partial charge is 0.162 e. The Hall–Kier alpha value is -3.77. The molecule has 34 heavy (non-hydrogen) atoms. The Balaban J connectivity index is 1.58. The molecule has 0 fully saturated rings. The van der Waals surface area contributed by atoms with Crippen LogP contribution in [0.5, 0.6) is 11.5 Å². The maximum absolute atomic E-state index is 5.97. The molecule has 1 unspecified atom stereocenters. The normalized spacial score (nSPS) is 12.4. The molecule has 3 heterocycles. The standard InChI is InChI=1S/C28H30N4O2/c1-32-17-23(22-15-26(33-2)27(34-3)16-25(22)32)24-14-21-20(10-12-30-28(21)31-24)13-19(9-11-29)18-7-5-4-6-8-18/h4-8,10,12,14-17,19H,9,11,13,29H2,1-3H3,(H,30,31). The molecule has 0 spiro atoms. The van der Waals surface area contributed by atoms with Crippen LogP contribution in [0.25, 0.3) is 33.2 Å². The van der Waals surface area contributed by atoms with Crippen molar-refractivity contribution in [3.8, 4) is 22.8 Å². The number of hydrogen-bond acceptors (Lipinski definition) is 4. The maximum Gasteiger partial charge on any atom is 0.162 e. The zero-order chi connectivity index (χ0) is 23.7. The number of aromatic amines is 1. The van der Waals surface area contributed by atoms with Crippen molar-refractivity contribution >= 4 is 21.9 Å². The van der Waals surface area contributed by atoms with Crippen LogP contribution in [0.1, 0.15) is 23.5 Å². The molecule has 174 valence electrons. The summed E-state index contributed by atoms with van der Waals surface area (Å²) in [7, 11) is 5.36. The van der Waals surface area contributed by atoms with Crippen molar-refractivity contribution < 1.29 is 9.47 Å². The van der Waals surface area contributed by atoms with Gasteiger partial charge in [0.05, 0.1) is 19.7 Å². The van der Waals surface area contributed by atoms with E-state index < -0.39 is 0 Å². The van der Waals surface area contributed by atoms with Crippen molar-refractivity contribution in [1.29, 1.82) is 0 Å². The van der Waals surface area contributed by atoms with Gasteiger partial charge in [0.25, 0.3) is 0 Å². The van der Waals surface area contributed by atoms with Crippen LogP contribution >= 0.6 is 0 Å². The topological polar surface area (TPSA) is 78.1 Å². The first-order chi connectivity index (χ1) is 16.6. The average molecular weight is 455 g/mol. The predicted octanol–water partition coefficient (Wildman–Crippen LogP) is 5.41. The Bertz CT molecular complexity index is 1440. The van der Waals surface area contributed by atoms with E-state index in [-0.39, 0.29) is 0 Å². The van der Waals surface area contributed by atoms with Gasteiger partial charge in [-0.25, -0.2) is 4.98 Å². The van der Waals surface area contributed by atoms with Crippen LogP contribution in [0.15, 0.2) is 67.0 Å². The van der Waals surface area contributed by atoms with Gasteiger partial charge in [0.1, 0.15) is 5.65 Å². The Morgan fingerprint density at radius 2 is 1.76 bits per heavy atom. The largest absolute Gasteiger partial charge is 0.493 e. The molecule has 0 radical (unpaired) electrons. The number of fused-ring (bicyclic) bond motifs is 2. The lowest BCUT2D eigenvalue weighted by atomic mass is 9.88. The first-order valence-electron chi connectivity index (χ1n) is 11.6. The van der Waals surface area contributed by atoms with Gasteiger partial charge in [0.15, 0.2) is 11.5 Å². The summed E-state index contributed by atoms with van der Waals surface area (Å²) in [5.74, 6) is 1.80. The molecular weight excluding hydrogens is 424 g/mol. The van der Waals surface area contributed by atoms with E-state index in [0.29, 0.717) is 18.2 Å². The molecule has 1 atom stereocenters. The van der Waals surface area contributed by atoms with Gasteiger partial charge in [0, 0.05) is 47.5 Å². The Morgan fingerprint density at radius 1 is 1.00 bits per heavy atom. The van der Waals surface area contributed by atoms with E-state index in [1.54, 1.807) is 14.2 Å². The molecular formula is C28H30N4O2. The van der Waals surface area contributed by atoms with Crippen LogP contribution in [-0.2, 0) is 13.5 Å². The van der Waals surface area contributed by atoms with Crippen LogP contribution in [-0.4, -0.2) is 35.3 Å². The van der Waals surface area contributed by atoms with Crippen LogP contribution < -0.4 is 15.2 Å². The Labute approximate surface area is 199 Å². The highest BCUT2D eigenvalue weighted by atomic mass is 16.5. The van der Waals surface area contributed by atoms with Crippen LogP contribution in [0, 0.1) is 0 Å². The molecule has 0 amide bonds. The van der Waals surface area contributed by atoms with Gasteiger partial charge in [0.2, 0.25) is 0 Å². The van der Waals surface area contributed by atoms with Gasteiger partial charge in [-0.3, -0.25) is 0 Å². The average Bonchev–Trinajstić information content (AvgIpc) is 3.44. The number of ether oxygens (including phenoxy) is 2. The molecule has 3 aromatic heterocycles. The molecule has 0 aliphatic heterocycles. The second-order valence-electron chi connectivity index (χ2n) is 8.68. The number of methoxy groups -OCH3 is 2. The number of aromatic nitrogens is 3. The fraction of sp³-hybridized carbons (Fsp3) is 0.250. The van der Waals surface area contributed by atoms with E-state index in [1.807, 2.05) is 25.4 Å². The van der Waals surface area contributed by atoms with Gasteiger partial charge in [-0.15, -0.1) is 0 Å². The fourth-order valence-electron chi connectivity index (χ4n) is 4.91. The lowest BCUT2D eigenvalue weighted by Crippen LogP contribution is -2.10. The number of H-pyrrole nitrogens is 1. The fourth-order valence-corrected chi connectivity index (χ4v) is 4.91. The van der Waals surface area contributed by atoms with E-state index in [2.05, 4.69) is 63.2 Å². The van der Waals surface area contributed by atoms with Gasteiger partial charge in [-0.2, -0.15) is 0 Å². The highest BCUT2D eigenvalue weighted by Crippen LogP contribution is 2.39. The van der Waals surface area contributed by atoms with Crippen molar-refractivity contribution in [3.05, 3.63) is 78.1 Å². The molecule has 0 aliphatic carbocycles. The molecule has 5 aromatic rings. The highest BCUT2D eigenvalue weighted by molar-refractivity contribution is 5.99. The summed E-state index contributed by atoms with van der Waals surface area (Å²) in [5.41, 5.74) is 12.7. The van der Waals surface area contributed by atoms with E-state index in [4.69, 9.17) is 15.2 Å². The van der Waals surface area contributed by atoms with Crippen molar-refractivity contribution in [3.63, 3.8) is 0 Å². The van der Waals surface area contributed by atoms with Crippen LogP contribution in [0.4, 0.5) is 0 Å². The summed E-state index contributed by atoms with van der Waals surface area (Å²) >= 11 is 0. The lowest BCUT2D eigenvalue weighted by Gasteiger charge is -2.17. The zero-order valence-electron chi connectivity index (χ0n) is 19.8. The minimum Gasteiger partial charge on any atom is -0.493 e. The van der Waals surface area contributed by atoms with Crippen molar-refractivity contribution in [1.82, 2.24) is 14.5 Å². The summed E-state index contributed by atoms with van der Waals surface area (Å²) < 4.78 is 13.2. The van der Waals surface area contributed by atoms with Crippen LogP contribution in [0.2, 0.25) is 0 Å². The van der Waals surface area contributed by atoms with Gasteiger partial charge >= 0.3 is 0 Å². The third-order valence-electron chi connectivity index (χ3n) is 6.66. The summed E-state index contributed by atoms with van der Waals surface area (Å²) in [6.07, 6.45) is 5.88. The number of rotatable bonds is 8.